The quantitative estimate of drug-likeness (QED) is 0.742. The highest BCUT2D eigenvalue weighted by Gasteiger charge is 2.40. The van der Waals surface area contributed by atoms with E-state index < -0.39 is 5.60 Å². The molecule has 3 saturated heterocycles. The molecule has 0 saturated carbocycles. The fraction of sp³-hybridized carbons (Fsp3) is 0.500. The number of nitrogens with zero attached hydrogens (tertiary/aromatic N) is 4. The predicted molar refractivity (Wildman–Crippen MR) is 126 cm³/mol. The van der Waals surface area contributed by atoms with Crippen molar-refractivity contribution in [3.8, 4) is 0 Å². The van der Waals surface area contributed by atoms with Crippen molar-refractivity contribution in [2.45, 2.75) is 30.9 Å². The third kappa shape index (κ3) is 4.17. The van der Waals surface area contributed by atoms with Crippen LogP contribution in [0.1, 0.15) is 25.0 Å². The summed E-state index contributed by atoms with van der Waals surface area (Å²) in [7, 11) is 2.20. The molecular weight excluding hydrogens is 426 g/mol. The molecule has 4 heterocycles. The number of hydrogen-bond donors (Lipinski definition) is 2. The summed E-state index contributed by atoms with van der Waals surface area (Å²) in [6, 6.07) is 12.1. The van der Waals surface area contributed by atoms with Gasteiger partial charge in [0.25, 0.3) is 0 Å². The van der Waals surface area contributed by atoms with Gasteiger partial charge in [0.15, 0.2) is 0 Å². The van der Waals surface area contributed by atoms with Gasteiger partial charge in [-0.25, -0.2) is 4.79 Å². The number of aromatic nitrogens is 1. The monoisotopic (exact) mass is 455 g/mol. The topological polar surface area (TPSA) is 71.9 Å². The minimum absolute atomic E-state index is 0.137. The number of likely N-dealkylation sites (N-methyl/N-ethyl adjacent to an activating group) is 1. The zero-order valence-electron chi connectivity index (χ0n) is 18.4. The summed E-state index contributed by atoms with van der Waals surface area (Å²) in [6.07, 6.45) is 3.69. The van der Waals surface area contributed by atoms with E-state index in [0.29, 0.717) is 42.7 Å². The van der Waals surface area contributed by atoms with E-state index in [1.165, 1.54) is 18.7 Å². The molecule has 2 aromatic rings. The van der Waals surface area contributed by atoms with E-state index in [4.69, 9.17) is 11.6 Å². The lowest BCUT2D eigenvalue weighted by molar-refractivity contribution is -0.0192. The van der Waals surface area contributed by atoms with Gasteiger partial charge in [0.05, 0.1) is 10.7 Å². The summed E-state index contributed by atoms with van der Waals surface area (Å²) in [5, 5.41) is 14.5. The minimum Gasteiger partial charge on any atom is -0.383 e. The lowest BCUT2D eigenvalue weighted by Gasteiger charge is -2.37. The Balaban J connectivity index is 1.17. The van der Waals surface area contributed by atoms with Crippen LogP contribution >= 0.6 is 11.6 Å². The highest BCUT2D eigenvalue weighted by molar-refractivity contribution is 6.30. The Morgan fingerprint density at radius 3 is 2.56 bits per heavy atom. The second kappa shape index (κ2) is 8.54. The molecule has 1 aromatic heterocycles. The number of benzene rings is 1. The lowest BCUT2D eigenvalue weighted by atomic mass is 9.88. The van der Waals surface area contributed by atoms with E-state index in [1.54, 1.807) is 23.2 Å². The van der Waals surface area contributed by atoms with Crippen molar-refractivity contribution in [3.05, 3.63) is 53.3 Å². The van der Waals surface area contributed by atoms with E-state index in [0.717, 1.165) is 24.7 Å². The van der Waals surface area contributed by atoms with Crippen LogP contribution in [0.5, 0.6) is 0 Å². The summed E-state index contributed by atoms with van der Waals surface area (Å²) >= 11 is 5.90. The number of rotatable bonds is 3. The van der Waals surface area contributed by atoms with Gasteiger partial charge in [-0.2, -0.15) is 0 Å². The van der Waals surface area contributed by atoms with E-state index in [2.05, 4.69) is 39.3 Å². The zero-order chi connectivity index (χ0) is 22.3. The Hall–Kier alpha value is -2.35. The maximum atomic E-state index is 12.8. The van der Waals surface area contributed by atoms with Crippen molar-refractivity contribution >= 4 is 29.0 Å². The van der Waals surface area contributed by atoms with Crippen LogP contribution in [-0.2, 0) is 5.60 Å². The van der Waals surface area contributed by atoms with Gasteiger partial charge in [0.2, 0.25) is 0 Å². The summed E-state index contributed by atoms with van der Waals surface area (Å²) in [5.41, 5.74) is 1.60. The Bertz CT molecular complexity index is 959. The number of likely N-dealkylation sites (tertiary alicyclic amines) is 2. The molecule has 7 nitrogen and oxygen atoms in total. The number of aliphatic hydroxyl groups is 1. The van der Waals surface area contributed by atoms with Gasteiger partial charge in [-0.05, 0) is 68.6 Å². The largest absolute Gasteiger partial charge is 0.383 e. The van der Waals surface area contributed by atoms with Crippen LogP contribution in [0.15, 0.2) is 42.6 Å². The summed E-state index contributed by atoms with van der Waals surface area (Å²) < 4.78 is 0. The first-order chi connectivity index (χ1) is 15.4. The molecular formula is C24H30ClN5O2. The first kappa shape index (κ1) is 21.5. The van der Waals surface area contributed by atoms with Gasteiger partial charge in [0, 0.05) is 56.3 Å². The molecule has 1 aromatic carbocycles. The van der Waals surface area contributed by atoms with Crippen molar-refractivity contribution in [1.82, 2.24) is 14.8 Å². The van der Waals surface area contributed by atoms with Gasteiger partial charge >= 0.3 is 6.03 Å². The minimum atomic E-state index is -1.02. The van der Waals surface area contributed by atoms with Crippen LogP contribution < -0.4 is 10.2 Å². The third-order valence-corrected chi connectivity index (χ3v) is 7.49. The first-order valence-electron chi connectivity index (χ1n) is 11.4. The Morgan fingerprint density at radius 2 is 1.88 bits per heavy atom. The van der Waals surface area contributed by atoms with Gasteiger partial charge in [0.1, 0.15) is 5.60 Å². The maximum absolute atomic E-state index is 12.8. The average Bonchev–Trinajstić information content (AvgIpc) is 3.34. The van der Waals surface area contributed by atoms with Crippen LogP contribution in [0, 0.1) is 5.92 Å². The number of carbonyl (C=O) groups is 1. The number of nitrogens with one attached hydrogen (secondary N) is 1. The standard InChI is InChI=1S/C24H30ClN5O2/c1-28-15-17-8-11-30(21(17)16-28)20-5-3-19(4-6-20)27-23(31)29-12-9-24(32,10-13-29)22-7-2-18(25)14-26-22/h2-7,14,17,21,32H,8-13,15-16H2,1H3,(H,27,31)/t17-,21+/m1/s1. The van der Waals surface area contributed by atoms with Crippen LogP contribution in [0.25, 0.3) is 0 Å². The molecule has 2 atom stereocenters. The number of anilines is 2. The number of fused-ring (bicyclic) bond motifs is 1. The smallest absolute Gasteiger partial charge is 0.321 e. The van der Waals surface area contributed by atoms with E-state index in [1.807, 2.05) is 12.1 Å². The molecule has 0 unspecified atom stereocenters. The Labute approximate surface area is 194 Å². The second-order valence-corrected chi connectivity index (χ2v) is 9.82. The fourth-order valence-electron chi connectivity index (χ4n) is 5.42. The van der Waals surface area contributed by atoms with Crippen LogP contribution in [0.4, 0.5) is 16.2 Å². The zero-order valence-corrected chi connectivity index (χ0v) is 19.1. The summed E-state index contributed by atoms with van der Waals surface area (Å²) in [4.78, 5) is 23.7. The van der Waals surface area contributed by atoms with Crippen molar-refractivity contribution in [3.63, 3.8) is 0 Å². The van der Waals surface area contributed by atoms with Crippen molar-refractivity contribution in [1.29, 1.82) is 0 Å². The third-order valence-electron chi connectivity index (χ3n) is 7.26. The molecule has 0 radical (unpaired) electrons. The number of urea groups is 1. The number of halogens is 1. The molecule has 8 heteroatoms. The Kier molecular flexibility index (Phi) is 5.73. The highest BCUT2D eigenvalue weighted by atomic mass is 35.5. The fourth-order valence-corrected chi connectivity index (χ4v) is 5.53. The van der Waals surface area contributed by atoms with Crippen LogP contribution in [0.3, 0.4) is 0 Å². The molecule has 3 fully saturated rings. The maximum Gasteiger partial charge on any atom is 0.321 e. The molecule has 0 spiro atoms. The first-order valence-corrected chi connectivity index (χ1v) is 11.7. The van der Waals surface area contributed by atoms with E-state index in [-0.39, 0.29) is 6.03 Å². The van der Waals surface area contributed by atoms with Gasteiger partial charge in [-0.15, -0.1) is 0 Å². The average molecular weight is 456 g/mol. The summed E-state index contributed by atoms with van der Waals surface area (Å²) in [5.74, 6) is 0.764. The molecule has 32 heavy (non-hydrogen) atoms. The van der Waals surface area contributed by atoms with Gasteiger partial charge in [-0.1, -0.05) is 11.6 Å². The van der Waals surface area contributed by atoms with Gasteiger partial charge < -0.3 is 25.1 Å². The van der Waals surface area contributed by atoms with Crippen molar-refractivity contribution in [2.24, 2.45) is 5.92 Å². The van der Waals surface area contributed by atoms with Gasteiger partial charge in [-0.3, -0.25) is 4.98 Å². The summed E-state index contributed by atoms with van der Waals surface area (Å²) in [6.45, 7) is 4.35. The number of piperidine rings is 1. The number of amides is 2. The number of carbonyl (C=O) groups excluding carboxylic acids is 1. The Morgan fingerprint density at radius 1 is 1.12 bits per heavy atom. The van der Waals surface area contributed by atoms with Crippen LogP contribution in [-0.4, -0.2) is 71.7 Å². The van der Waals surface area contributed by atoms with E-state index in [9.17, 15) is 9.90 Å². The van der Waals surface area contributed by atoms with Crippen LogP contribution in [0.2, 0.25) is 5.02 Å². The molecule has 170 valence electrons. The molecule has 0 aliphatic carbocycles. The molecule has 0 bridgehead atoms. The molecule has 3 aliphatic heterocycles. The molecule has 3 aliphatic rings. The highest BCUT2D eigenvalue weighted by Crippen LogP contribution is 2.35. The molecule has 5 rings (SSSR count). The van der Waals surface area contributed by atoms with E-state index >= 15 is 0 Å². The van der Waals surface area contributed by atoms with Crippen molar-refractivity contribution in [2.75, 3.05) is 50.0 Å². The van der Waals surface area contributed by atoms with Crippen molar-refractivity contribution < 1.29 is 9.90 Å². The number of hydrogen-bond acceptors (Lipinski definition) is 5. The normalized spacial score (nSPS) is 25.1. The SMILES string of the molecule is CN1C[C@H]2CCN(c3ccc(NC(=O)N4CCC(O)(c5ccc(Cl)cn5)CC4)cc3)[C@H]2C1. The predicted octanol–water partition coefficient (Wildman–Crippen LogP) is 3.39. The number of pyridine rings is 1. The second-order valence-electron chi connectivity index (χ2n) is 9.39. The molecule has 2 N–H and O–H groups in total. The molecule has 2 amide bonds. The lowest BCUT2D eigenvalue weighted by Crippen LogP contribution is -2.47.